The maximum absolute atomic E-state index is 15.1. The second-order valence-corrected chi connectivity index (χ2v) is 8.93. The minimum atomic E-state index is -1.36. The number of nitrogens with zero attached hydrogens (tertiary/aromatic N) is 3. The fourth-order valence-corrected chi connectivity index (χ4v) is 4.48. The van der Waals surface area contributed by atoms with Gasteiger partial charge in [-0.2, -0.15) is 0 Å². The SMILES string of the molecule is CN(C)CCOc1cc(Cn2c(C(=O)O)c(C3=CC=CCC3=O)c3c4occc4c(F)cc32)c(F)cn1. The monoisotopic (exact) mass is 507 g/mol. The van der Waals surface area contributed by atoms with Crippen LogP contribution in [0.1, 0.15) is 28.0 Å². The van der Waals surface area contributed by atoms with Crippen molar-refractivity contribution in [2.45, 2.75) is 13.0 Å². The summed E-state index contributed by atoms with van der Waals surface area (Å²) in [6, 6.07) is 4.00. The third-order valence-electron chi connectivity index (χ3n) is 6.22. The molecule has 0 amide bonds. The summed E-state index contributed by atoms with van der Waals surface area (Å²) in [4.78, 5) is 31.4. The number of pyridine rings is 1. The molecule has 3 heterocycles. The minimum absolute atomic E-state index is 0.0876. The van der Waals surface area contributed by atoms with Crippen molar-refractivity contribution in [3.8, 4) is 5.88 Å². The second kappa shape index (κ2) is 9.62. The van der Waals surface area contributed by atoms with E-state index >= 15 is 4.39 Å². The van der Waals surface area contributed by atoms with Crippen LogP contribution in [0.25, 0.3) is 27.4 Å². The number of carboxylic acid groups (broad SMARTS) is 1. The highest BCUT2D eigenvalue weighted by Gasteiger charge is 2.31. The van der Waals surface area contributed by atoms with Crippen LogP contribution in [-0.4, -0.2) is 58.6 Å². The number of carbonyl (C=O) groups excluding carboxylic acids is 1. The van der Waals surface area contributed by atoms with Gasteiger partial charge < -0.3 is 23.7 Å². The van der Waals surface area contributed by atoms with Gasteiger partial charge in [0.15, 0.2) is 5.78 Å². The number of likely N-dealkylation sites (N-methyl/N-ethyl adjacent to an activating group) is 1. The van der Waals surface area contributed by atoms with E-state index in [1.165, 1.54) is 35.1 Å². The number of hydrogen-bond acceptors (Lipinski definition) is 6. The molecule has 1 aliphatic rings. The molecule has 0 unspecified atom stereocenters. The van der Waals surface area contributed by atoms with E-state index in [0.29, 0.717) is 13.2 Å². The zero-order valence-electron chi connectivity index (χ0n) is 20.1. The molecule has 1 aliphatic carbocycles. The molecule has 8 nitrogen and oxygen atoms in total. The van der Waals surface area contributed by atoms with E-state index in [-0.39, 0.29) is 68.9 Å². The Kier molecular flexibility index (Phi) is 6.34. The molecule has 4 aromatic rings. The highest BCUT2D eigenvalue weighted by Crippen LogP contribution is 2.40. The number of carboxylic acids is 1. The van der Waals surface area contributed by atoms with Crippen molar-refractivity contribution in [1.82, 2.24) is 14.5 Å². The zero-order valence-corrected chi connectivity index (χ0v) is 20.1. The molecule has 0 radical (unpaired) electrons. The number of hydrogen-bond donors (Lipinski definition) is 1. The maximum atomic E-state index is 15.1. The maximum Gasteiger partial charge on any atom is 0.353 e. The summed E-state index contributed by atoms with van der Waals surface area (Å²) in [5, 5.41) is 10.7. The first-order valence-electron chi connectivity index (χ1n) is 11.5. The second-order valence-electron chi connectivity index (χ2n) is 8.93. The molecule has 0 bridgehead atoms. The van der Waals surface area contributed by atoms with E-state index in [1.54, 1.807) is 12.2 Å². The summed E-state index contributed by atoms with van der Waals surface area (Å²) in [6.45, 7) is 0.645. The van der Waals surface area contributed by atoms with Gasteiger partial charge in [0, 0.05) is 35.7 Å². The average molecular weight is 507 g/mol. The number of Topliss-reactive ketones (excluding diaryl/α,β-unsaturated/α-hetero) is 1. The molecule has 0 saturated heterocycles. The van der Waals surface area contributed by atoms with Crippen molar-refractivity contribution >= 4 is 39.2 Å². The van der Waals surface area contributed by atoms with E-state index in [1.807, 2.05) is 19.0 Å². The van der Waals surface area contributed by atoms with Gasteiger partial charge in [-0.25, -0.2) is 18.6 Å². The predicted molar refractivity (Wildman–Crippen MR) is 133 cm³/mol. The Hall–Kier alpha value is -4.31. The third kappa shape index (κ3) is 4.40. The first-order chi connectivity index (χ1) is 17.8. The van der Waals surface area contributed by atoms with Crippen molar-refractivity contribution in [3.05, 3.63) is 77.3 Å². The lowest BCUT2D eigenvalue weighted by Crippen LogP contribution is -2.20. The molecule has 0 atom stereocenters. The molecule has 10 heteroatoms. The summed E-state index contributed by atoms with van der Waals surface area (Å²) in [5.41, 5.74) is 0.341. The summed E-state index contributed by atoms with van der Waals surface area (Å²) in [6.07, 6.45) is 7.24. The van der Waals surface area contributed by atoms with Gasteiger partial charge in [-0.05, 0) is 26.2 Å². The van der Waals surface area contributed by atoms with Gasteiger partial charge in [-0.3, -0.25) is 4.79 Å². The van der Waals surface area contributed by atoms with Gasteiger partial charge in [-0.1, -0.05) is 18.2 Å². The molecule has 3 aromatic heterocycles. The predicted octanol–water partition coefficient (Wildman–Crippen LogP) is 4.66. The van der Waals surface area contributed by atoms with Crippen molar-refractivity contribution in [1.29, 1.82) is 0 Å². The Labute approximate surface area is 210 Å². The van der Waals surface area contributed by atoms with E-state index < -0.39 is 17.6 Å². The number of rotatable bonds is 8. The van der Waals surface area contributed by atoms with Crippen molar-refractivity contribution in [3.63, 3.8) is 0 Å². The average Bonchev–Trinajstić information content (AvgIpc) is 3.45. The molecule has 37 heavy (non-hydrogen) atoms. The lowest BCUT2D eigenvalue weighted by atomic mass is 9.93. The van der Waals surface area contributed by atoms with E-state index in [2.05, 4.69) is 4.98 Å². The largest absolute Gasteiger partial charge is 0.477 e. The summed E-state index contributed by atoms with van der Waals surface area (Å²) < 4.78 is 42.4. The number of fused-ring (bicyclic) bond motifs is 3. The van der Waals surface area contributed by atoms with Crippen molar-refractivity contribution in [2.24, 2.45) is 0 Å². The minimum Gasteiger partial charge on any atom is -0.477 e. The Bertz CT molecular complexity index is 1610. The molecule has 1 aromatic carbocycles. The van der Waals surface area contributed by atoms with Crippen LogP contribution in [0.4, 0.5) is 8.78 Å². The van der Waals surface area contributed by atoms with Crippen molar-refractivity contribution < 1.29 is 32.6 Å². The standard InChI is InChI=1S/C27H23F2N3O5/c1-31(2)8-10-36-22-11-15(19(29)13-30-22)14-32-20-12-18(28)16-7-9-37-26(16)24(20)23(25(32)27(34)35)17-5-3-4-6-21(17)33/h3-5,7,9,11-13H,6,8,10,14H2,1-2H3,(H,34,35). The fourth-order valence-electron chi connectivity index (χ4n) is 4.48. The lowest BCUT2D eigenvalue weighted by molar-refractivity contribution is -0.113. The van der Waals surface area contributed by atoms with Crippen LogP contribution in [0.3, 0.4) is 0 Å². The molecular weight excluding hydrogens is 484 g/mol. The van der Waals surface area contributed by atoms with Crippen LogP contribution < -0.4 is 4.74 Å². The number of halogens is 2. The Morgan fingerprint density at radius 3 is 2.81 bits per heavy atom. The van der Waals surface area contributed by atoms with Crippen molar-refractivity contribution in [2.75, 3.05) is 27.2 Å². The Morgan fingerprint density at radius 2 is 2.08 bits per heavy atom. The van der Waals surface area contributed by atoms with Gasteiger partial charge in [0.1, 0.15) is 29.5 Å². The number of carbonyl (C=O) groups is 2. The lowest BCUT2D eigenvalue weighted by Gasteiger charge is -2.13. The quantitative estimate of drug-likeness (QED) is 0.370. The molecule has 5 rings (SSSR count). The Morgan fingerprint density at radius 1 is 1.27 bits per heavy atom. The molecule has 0 fully saturated rings. The highest BCUT2D eigenvalue weighted by molar-refractivity contribution is 6.29. The van der Waals surface area contributed by atoms with Gasteiger partial charge in [0.2, 0.25) is 5.88 Å². The normalized spacial score (nSPS) is 13.6. The molecule has 0 aliphatic heterocycles. The van der Waals surface area contributed by atoms with Crippen LogP contribution in [0.15, 0.2) is 53.3 Å². The van der Waals surface area contributed by atoms with E-state index in [4.69, 9.17) is 9.15 Å². The highest BCUT2D eigenvalue weighted by atomic mass is 19.1. The number of ether oxygens (including phenoxy) is 1. The smallest absolute Gasteiger partial charge is 0.353 e. The summed E-state index contributed by atoms with van der Waals surface area (Å²) in [7, 11) is 3.76. The van der Waals surface area contributed by atoms with Crippen LogP contribution in [0, 0.1) is 11.6 Å². The van der Waals surface area contributed by atoms with Crippen LogP contribution in [0.5, 0.6) is 5.88 Å². The van der Waals surface area contributed by atoms with Gasteiger partial charge in [0.25, 0.3) is 0 Å². The topological polar surface area (TPSA) is 97.8 Å². The fraction of sp³-hybridized carbons (Fsp3) is 0.222. The first kappa shape index (κ1) is 24.4. The van der Waals surface area contributed by atoms with Gasteiger partial charge >= 0.3 is 5.97 Å². The molecule has 190 valence electrons. The number of benzene rings is 1. The van der Waals surface area contributed by atoms with Crippen LogP contribution in [0.2, 0.25) is 0 Å². The number of allylic oxidation sites excluding steroid dienone is 4. The zero-order chi connectivity index (χ0) is 26.3. The Balaban J connectivity index is 1.73. The van der Waals surface area contributed by atoms with Crippen LogP contribution in [-0.2, 0) is 11.3 Å². The number of ketones is 1. The summed E-state index contributed by atoms with van der Waals surface area (Å²) in [5.74, 6) is -2.80. The number of furan rings is 1. The summed E-state index contributed by atoms with van der Waals surface area (Å²) >= 11 is 0. The van der Waals surface area contributed by atoms with E-state index in [9.17, 15) is 19.1 Å². The molecular formula is C27H23F2N3O5. The number of aromatic carboxylic acids is 1. The van der Waals surface area contributed by atoms with E-state index in [0.717, 1.165) is 6.20 Å². The molecule has 0 saturated carbocycles. The van der Waals surface area contributed by atoms with Crippen LogP contribution >= 0.6 is 0 Å². The molecule has 1 N–H and O–H groups in total. The molecule has 0 spiro atoms. The first-order valence-corrected chi connectivity index (χ1v) is 11.5. The van der Waals surface area contributed by atoms with Gasteiger partial charge in [0.05, 0.1) is 35.3 Å². The third-order valence-corrected chi connectivity index (χ3v) is 6.22. The number of aromatic nitrogens is 2. The van der Waals surface area contributed by atoms with Gasteiger partial charge in [-0.15, -0.1) is 0 Å².